The van der Waals surface area contributed by atoms with Gasteiger partial charge >= 0.3 is 0 Å². The van der Waals surface area contributed by atoms with Gasteiger partial charge in [-0.15, -0.1) is 0 Å². The van der Waals surface area contributed by atoms with E-state index in [-0.39, 0.29) is 11.9 Å². The molecule has 2 aliphatic rings. The molecular formula is C31H43ClN6O4. The van der Waals surface area contributed by atoms with Crippen molar-refractivity contribution in [1.82, 2.24) is 24.3 Å². The minimum Gasteiger partial charge on any atom is -0.429 e. The monoisotopic (exact) mass is 598 g/mol. The molecule has 228 valence electrons. The fourth-order valence-corrected chi connectivity index (χ4v) is 4.88. The molecule has 1 amide bonds. The summed E-state index contributed by atoms with van der Waals surface area (Å²) < 4.78 is 6.95. The number of aryl methyl sites for hydroxylation is 1. The van der Waals surface area contributed by atoms with E-state index < -0.39 is 0 Å². The number of amides is 1. The van der Waals surface area contributed by atoms with E-state index in [1.165, 1.54) is 25.6 Å². The van der Waals surface area contributed by atoms with Gasteiger partial charge in [0.05, 0.1) is 22.1 Å². The number of ether oxygens (including phenoxy) is 1. The van der Waals surface area contributed by atoms with E-state index >= 15 is 0 Å². The number of imidazole rings is 1. The van der Waals surface area contributed by atoms with Gasteiger partial charge in [-0.05, 0) is 71.0 Å². The van der Waals surface area contributed by atoms with Crippen molar-refractivity contribution in [3.05, 3.63) is 59.4 Å². The number of pyridine rings is 1. The Kier molecular flexibility index (Phi) is 14.7. The van der Waals surface area contributed by atoms with Crippen LogP contribution in [0.15, 0.2) is 43.1 Å². The van der Waals surface area contributed by atoms with Crippen LogP contribution in [0.4, 0.5) is 5.95 Å². The van der Waals surface area contributed by atoms with Crippen molar-refractivity contribution in [2.45, 2.75) is 52.5 Å². The number of fused-ring (bicyclic) bond motifs is 1. The Hall–Kier alpha value is -3.76. The molecule has 0 radical (unpaired) electrons. The summed E-state index contributed by atoms with van der Waals surface area (Å²) in [6, 6.07) is 6.73. The van der Waals surface area contributed by atoms with Crippen molar-refractivity contribution >= 4 is 47.2 Å². The van der Waals surface area contributed by atoms with Crippen LogP contribution in [0.25, 0.3) is 11.0 Å². The molecule has 3 aromatic rings. The summed E-state index contributed by atoms with van der Waals surface area (Å²) in [5.41, 5.74) is 2.94. The number of rotatable bonds is 6. The zero-order chi connectivity index (χ0) is 31.1. The normalized spacial score (nSPS) is 16.0. The maximum atomic E-state index is 12.1. The van der Waals surface area contributed by atoms with Gasteiger partial charge in [-0.2, -0.15) is 0 Å². The minimum absolute atomic E-state index is 0.0317. The summed E-state index contributed by atoms with van der Waals surface area (Å²) in [5.74, 6) is 0.928. The van der Waals surface area contributed by atoms with Gasteiger partial charge in [-0.3, -0.25) is 19.4 Å². The highest BCUT2D eigenvalue weighted by molar-refractivity contribution is 6.35. The Morgan fingerprint density at radius 3 is 2.38 bits per heavy atom. The third-order valence-corrected chi connectivity index (χ3v) is 7.04. The molecule has 2 fully saturated rings. The van der Waals surface area contributed by atoms with Crippen LogP contribution < -0.4 is 10.1 Å². The summed E-state index contributed by atoms with van der Waals surface area (Å²) in [6.07, 6.45) is 8.05. The first-order chi connectivity index (χ1) is 20.3. The largest absolute Gasteiger partial charge is 0.429 e. The first-order valence-corrected chi connectivity index (χ1v) is 14.7. The summed E-state index contributed by atoms with van der Waals surface area (Å²) >= 11 is 6.48. The van der Waals surface area contributed by atoms with Crippen molar-refractivity contribution in [2.24, 2.45) is 0 Å². The second kappa shape index (κ2) is 17.9. The SMILES string of the molecule is C=CC(=O)N1CCCCC(n2c(NC)nc3cc(OC=O)cc(Cl)c32)C1.CC.CN1CCC1.Cc1cc(C=O)ccn1. The number of halogens is 1. The lowest BCUT2D eigenvalue weighted by atomic mass is 10.1. The van der Waals surface area contributed by atoms with Gasteiger partial charge in [-0.1, -0.05) is 32.0 Å². The number of hydrogen-bond acceptors (Lipinski definition) is 8. The third kappa shape index (κ3) is 9.66. The molecule has 11 heteroatoms. The number of aldehydes is 1. The quantitative estimate of drug-likeness (QED) is 0.290. The van der Waals surface area contributed by atoms with E-state index in [4.69, 9.17) is 16.3 Å². The lowest BCUT2D eigenvalue weighted by Crippen LogP contribution is -2.34. The Morgan fingerprint density at radius 2 is 1.86 bits per heavy atom. The van der Waals surface area contributed by atoms with Crippen LogP contribution in [0.5, 0.6) is 5.75 Å². The molecule has 42 heavy (non-hydrogen) atoms. The zero-order valence-corrected chi connectivity index (χ0v) is 26.1. The standard InChI is InChI=1S/C18H21ClN4O3.C7H7NO.C4H9N.C2H6/c1-3-16(25)22-7-5-4-6-12(10-22)23-17-14(19)8-13(26-11-24)9-15(17)21-18(23)20-2;1-6-4-7(5-9)2-3-8-6;1-5-3-2-4-5;1-2/h3,8-9,11-12H,1,4-7,10H2,2H3,(H,20,21);2-5H,1H3;2-4H2,1H3;1-2H3. The van der Waals surface area contributed by atoms with E-state index in [9.17, 15) is 14.4 Å². The zero-order valence-electron chi connectivity index (χ0n) is 25.3. The van der Waals surface area contributed by atoms with Crippen LogP contribution >= 0.6 is 11.6 Å². The smallest absolute Gasteiger partial charge is 0.298 e. The van der Waals surface area contributed by atoms with Crippen molar-refractivity contribution in [2.75, 3.05) is 45.6 Å². The van der Waals surface area contributed by atoms with Crippen molar-refractivity contribution < 1.29 is 19.1 Å². The lowest BCUT2D eigenvalue weighted by Gasteiger charge is -2.26. The fraction of sp³-hybridized carbons (Fsp3) is 0.452. The number of carbonyl (C=O) groups excluding carboxylic acids is 3. The predicted molar refractivity (Wildman–Crippen MR) is 168 cm³/mol. The molecule has 1 N–H and O–H groups in total. The first-order valence-electron chi connectivity index (χ1n) is 14.3. The molecule has 1 atom stereocenters. The molecule has 4 heterocycles. The van der Waals surface area contributed by atoms with E-state index in [1.807, 2.05) is 30.2 Å². The maximum absolute atomic E-state index is 12.1. The molecule has 2 aliphatic heterocycles. The number of likely N-dealkylation sites (tertiary alicyclic amines) is 2. The Balaban J connectivity index is 0.000000313. The third-order valence-electron chi connectivity index (χ3n) is 6.75. The topological polar surface area (TPSA) is 110 Å². The molecule has 0 aliphatic carbocycles. The van der Waals surface area contributed by atoms with Crippen LogP contribution in [0.2, 0.25) is 5.02 Å². The summed E-state index contributed by atoms with van der Waals surface area (Å²) in [5, 5.41) is 3.54. The summed E-state index contributed by atoms with van der Waals surface area (Å²) in [4.78, 5) is 45.5. The molecular weight excluding hydrogens is 556 g/mol. The van der Waals surface area contributed by atoms with E-state index in [1.54, 1.807) is 37.5 Å². The van der Waals surface area contributed by atoms with Crippen LogP contribution in [-0.2, 0) is 9.59 Å². The van der Waals surface area contributed by atoms with Gasteiger partial charge in [0.1, 0.15) is 12.0 Å². The highest BCUT2D eigenvalue weighted by Gasteiger charge is 2.26. The maximum Gasteiger partial charge on any atom is 0.298 e. The van der Waals surface area contributed by atoms with Crippen LogP contribution in [0, 0.1) is 6.92 Å². The predicted octanol–water partition coefficient (Wildman–Crippen LogP) is 5.56. The average Bonchev–Trinajstić information content (AvgIpc) is 3.19. The van der Waals surface area contributed by atoms with Crippen LogP contribution in [0.3, 0.4) is 0 Å². The van der Waals surface area contributed by atoms with E-state index in [2.05, 4.69) is 33.8 Å². The van der Waals surface area contributed by atoms with Crippen molar-refractivity contribution in [3.8, 4) is 5.75 Å². The molecule has 0 spiro atoms. The molecule has 5 rings (SSSR count). The first kappa shape index (κ1) is 34.4. The molecule has 2 aromatic heterocycles. The Bertz CT molecular complexity index is 1320. The van der Waals surface area contributed by atoms with Crippen molar-refractivity contribution in [3.63, 3.8) is 0 Å². The summed E-state index contributed by atoms with van der Waals surface area (Å²) in [7, 11) is 3.93. The lowest BCUT2D eigenvalue weighted by molar-refractivity contribution is -0.126. The fourth-order valence-electron chi connectivity index (χ4n) is 4.59. The molecule has 0 saturated carbocycles. The van der Waals surface area contributed by atoms with Gasteiger partial charge in [-0.25, -0.2) is 4.98 Å². The number of aromatic nitrogens is 3. The average molecular weight is 599 g/mol. The Morgan fingerprint density at radius 1 is 1.14 bits per heavy atom. The van der Waals surface area contributed by atoms with Gasteiger partial charge in [0.15, 0.2) is 0 Å². The van der Waals surface area contributed by atoms with Crippen LogP contribution in [0.1, 0.15) is 61.6 Å². The number of nitrogens with zero attached hydrogens (tertiary/aromatic N) is 5. The van der Waals surface area contributed by atoms with Gasteiger partial charge < -0.3 is 24.4 Å². The number of anilines is 1. The number of nitrogens with one attached hydrogen (secondary N) is 1. The molecule has 10 nitrogen and oxygen atoms in total. The second-order valence-electron chi connectivity index (χ2n) is 9.69. The molecule has 1 unspecified atom stereocenters. The number of carbonyl (C=O) groups is 3. The van der Waals surface area contributed by atoms with E-state index in [0.717, 1.165) is 36.8 Å². The number of hydrogen-bond donors (Lipinski definition) is 1. The molecule has 1 aromatic carbocycles. The van der Waals surface area contributed by atoms with Gasteiger partial charge in [0.25, 0.3) is 6.47 Å². The van der Waals surface area contributed by atoms with Crippen molar-refractivity contribution in [1.29, 1.82) is 0 Å². The second-order valence-corrected chi connectivity index (χ2v) is 10.1. The molecule has 0 bridgehead atoms. The summed E-state index contributed by atoms with van der Waals surface area (Å²) in [6.45, 7) is 13.7. The van der Waals surface area contributed by atoms with Gasteiger partial charge in [0.2, 0.25) is 11.9 Å². The highest BCUT2D eigenvalue weighted by atomic mass is 35.5. The highest BCUT2D eigenvalue weighted by Crippen LogP contribution is 2.36. The number of benzene rings is 1. The molecule has 2 saturated heterocycles. The van der Waals surface area contributed by atoms with Gasteiger partial charge in [0, 0.05) is 49.7 Å². The van der Waals surface area contributed by atoms with Crippen LogP contribution in [-0.4, -0.2) is 83.3 Å². The Labute approximate surface area is 253 Å². The van der Waals surface area contributed by atoms with E-state index in [0.29, 0.717) is 47.4 Å². The minimum atomic E-state index is -0.0694.